The topological polar surface area (TPSA) is 49.6 Å². The van der Waals surface area contributed by atoms with Gasteiger partial charge in [0.2, 0.25) is 0 Å². The largest absolute Gasteiger partial charge is 0.368 e. The Morgan fingerprint density at radius 2 is 1.68 bits per heavy atom. The number of halogens is 2. The molecule has 1 aliphatic heterocycles. The molecule has 3 rings (SSSR count). The van der Waals surface area contributed by atoms with Crippen LogP contribution in [0, 0.1) is 19.7 Å². The number of rotatable bonds is 3. The number of carbonyl (C=O) groups is 1. The van der Waals surface area contributed by atoms with Gasteiger partial charge in [-0.05, 0) is 43.2 Å². The fourth-order valence-corrected chi connectivity index (χ4v) is 3.74. The number of hydrogen-bond donors (Lipinski definition) is 1. The van der Waals surface area contributed by atoms with Crippen LogP contribution in [0.5, 0.6) is 0 Å². The number of anilines is 2. The van der Waals surface area contributed by atoms with Crippen LogP contribution >= 0.6 is 15.9 Å². The zero-order valence-corrected chi connectivity index (χ0v) is 15.9. The summed E-state index contributed by atoms with van der Waals surface area (Å²) in [6, 6.07) is 9.34. The molecule has 1 fully saturated rings. The first-order valence-corrected chi connectivity index (χ1v) is 9.02. The Labute approximate surface area is 155 Å². The maximum absolute atomic E-state index is 14.2. The van der Waals surface area contributed by atoms with Gasteiger partial charge in [0.25, 0.3) is 5.91 Å². The van der Waals surface area contributed by atoms with Gasteiger partial charge in [-0.25, -0.2) is 4.39 Å². The fraction of sp³-hybridized carbons (Fsp3) is 0.316. The van der Waals surface area contributed by atoms with Crippen molar-refractivity contribution in [2.24, 2.45) is 5.73 Å². The molecular formula is C19H21BrFN3O. The summed E-state index contributed by atoms with van der Waals surface area (Å²) in [4.78, 5) is 16.0. The first kappa shape index (κ1) is 17.7. The predicted molar refractivity (Wildman–Crippen MR) is 103 cm³/mol. The van der Waals surface area contributed by atoms with Crippen LogP contribution in [0.25, 0.3) is 0 Å². The lowest BCUT2D eigenvalue weighted by molar-refractivity contribution is 0.0997. The van der Waals surface area contributed by atoms with Gasteiger partial charge in [-0.2, -0.15) is 0 Å². The molecule has 2 aromatic carbocycles. The summed E-state index contributed by atoms with van der Waals surface area (Å²) in [7, 11) is 0. The van der Waals surface area contributed by atoms with Crippen molar-refractivity contribution in [3.63, 3.8) is 0 Å². The third-order valence-electron chi connectivity index (χ3n) is 4.82. The Bertz CT molecular complexity index is 817. The first-order chi connectivity index (χ1) is 11.9. The Hall–Kier alpha value is -2.08. The highest BCUT2D eigenvalue weighted by atomic mass is 79.9. The van der Waals surface area contributed by atoms with Crippen molar-refractivity contribution < 1.29 is 9.18 Å². The number of carbonyl (C=O) groups excluding carboxylic acids is 1. The van der Waals surface area contributed by atoms with E-state index in [9.17, 15) is 9.18 Å². The molecule has 4 nitrogen and oxygen atoms in total. The number of nitrogens with two attached hydrogens (primary N) is 1. The fourth-order valence-electron chi connectivity index (χ4n) is 3.32. The van der Waals surface area contributed by atoms with E-state index in [1.54, 1.807) is 6.07 Å². The average molecular weight is 406 g/mol. The van der Waals surface area contributed by atoms with Gasteiger partial charge in [0.05, 0.1) is 11.3 Å². The molecular weight excluding hydrogens is 385 g/mol. The van der Waals surface area contributed by atoms with Crippen molar-refractivity contribution >= 4 is 33.2 Å². The van der Waals surface area contributed by atoms with E-state index in [4.69, 9.17) is 5.73 Å². The summed E-state index contributed by atoms with van der Waals surface area (Å²) in [6.45, 7) is 7.24. The number of nitrogens with zero attached hydrogens (tertiary/aromatic N) is 2. The van der Waals surface area contributed by atoms with E-state index in [2.05, 4.69) is 52.9 Å². The molecule has 1 saturated heterocycles. The highest BCUT2D eigenvalue weighted by Gasteiger charge is 2.24. The maximum Gasteiger partial charge on any atom is 0.253 e. The molecule has 0 radical (unpaired) electrons. The Kier molecular flexibility index (Phi) is 4.99. The van der Waals surface area contributed by atoms with Gasteiger partial charge in [0, 0.05) is 36.3 Å². The van der Waals surface area contributed by atoms with Gasteiger partial charge in [-0.15, -0.1) is 0 Å². The molecule has 1 heterocycles. The quantitative estimate of drug-likeness (QED) is 0.847. The van der Waals surface area contributed by atoms with Crippen molar-refractivity contribution in [3.8, 4) is 0 Å². The second kappa shape index (κ2) is 7.04. The van der Waals surface area contributed by atoms with Crippen LogP contribution in [-0.4, -0.2) is 32.1 Å². The van der Waals surface area contributed by atoms with E-state index in [1.165, 1.54) is 22.9 Å². The molecule has 2 N–H and O–H groups in total. The Morgan fingerprint density at radius 3 is 2.28 bits per heavy atom. The number of piperazine rings is 1. The van der Waals surface area contributed by atoms with Crippen LogP contribution < -0.4 is 15.5 Å². The number of amides is 1. The monoisotopic (exact) mass is 405 g/mol. The predicted octanol–water partition coefficient (Wildman–Crippen LogP) is 3.63. The van der Waals surface area contributed by atoms with Gasteiger partial charge < -0.3 is 15.5 Å². The lowest BCUT2D eigenvalue weighted by atomic mass is 10.1. The minimum atomic E-state index is -0.739. The van der Waals surface area contributed by atoms with Crippen molar-refractivity contribution in [3.05, 3.63) is 57.3 Å². The average Bonchev–Trinajstić information content (AvgIpc) is 2.56. The second-order valence-electron chi connectivity index (χ2n) is 6.34. The third-order valence-corrected chi connectivity index (χ3v) is 5.28. The molecule has 25 heavy (non-hydrogen) atoms. The van der Waals surface area contributed by atoms with Crippen molar-refractivity contribution in [2.75, 3.05) is 36.0 Å². The minimum absolute atomic E-state index is 0.0385. The van der Waals surface area contributed by atoms with E-state index >= 15 is 0 Å². The van der Waals surface area contributed by atoms with Gasteiger partial charge >= 0.3 is 0 Å². The minimum Gasteiger partial charge on any atom is -0.368 e. The molecule has 6 heteroatoms. The zero-order valence-electron chi connectivity index (χ0n) is 14.4. The molecule has 1 amide bonds. The Morgan fingerprint density at radius 1 is 1.08 bits per heavy atom. The van der Waals surface area contributed by atoms with Crippen LogP contribution in [0.3, 0.4) is 0 Å². The van der Waals surface area contributed by atoms with Crippen molar-refractivity contribution in [1.82, 2.24) is 0 Å². The van der Waals surface area contributed by atoms with Gasteiger partial charge in [0.15, 0.2) is 0 Å². The van der Waals surface area contributed by atoms with E-state index in [0.29, 0.717) is 23.2 Å². The summed E-state index contributed by atoms with van der Waals surface area (Å²) in [5.41, 5.74) is 9.69. The smallest absolute Gasteiger partial charge is 0.253 e. The number of aryl methyl sites for hydroxylation is 1. The number of hydrogen-bond acceptors (Lipinski definition) is 3. The van der Waals surface area contributed by atoms with Gasteiger partial charge in [0.1, 0.15) is 5.82 Å². The van der Waals surface area contributed by atoms with E-state index in [1.807, 2.05) is 4.90 Å². The van der Waals surface area contributed by atoms with Crippen molar-refractivity contribution in [2.45, 2.75) is 13.8 Å². The molecule has 0 aromatic heterocycles. The molecule has 0 saturated carbocycles. The maximum atomic E-state index is 14.2. The zero-order chi connectivity index (χ0) is 18.1. The lowest BCUT2D eigenvalue weighted by Gasteiger charge is -2.38. The molecule has 1 aliphatic rings. The van der Waals surface area contributed by atoms with E-state index in [0.717, 1.165) is 13.1 Å². The molecule has 0 bridgehead atoms. The summed E-state index contributed by atoms with van der Waals surface area (Å²) in [5, 5.41) is 0. The third kappa shape index (κ3) is 3.49. The standard InChI is InChI=1S/C19H21BrFN3O/c1-12-4-3-5-16(13(12)2)23-6-8-24(9-7-23)17-11-14(20)10-15(21)18(17)19(22)25/h3-5,10-11H,6-9H2,1-2H3,(H2,22,25). The molecule has 0 aliphatic carbocycles. The molecule has 132 valence electrons. The highest BCUT2D eigenvalue weighted by Crippen LogP contribution is 2.30. The Balaban J connectivity index is 1.84. The van der Waals surface area contributed by atoms with E-state index in [-0.39, 0.29) is 5.56 Å². The number of primary amides is 1. The van der Waals surface area contributed by atoms with Crippen LogP contribution in [0.2, 0.25) is 0 Å². The summed E-state index contributed by atoms with van der Waals surface area (Å²) >= 11 is 3.30. The second-order valence-corrected chi connectivity index (χ2v) is 7.25. The van der Waals surface area contributed by atoms with Gasteiger partial charge in [-0.1, -0.05) is 28.1 Å². The summed E-state index contributed by atoms with van der Waals surface area (Å²) in [6.07, 6.45) is 0. The summed E-state index contributed by atoms with van der Waals surface area (Å²) < 4.78 is 14.8. The van der Waals surface area contributed by atoms with Crippen LogP contribution in [0.1, 0.15) is 21.5 Å². The number of benzene rings is 2. The SMILES string of the molecule is Cc1cccc(N2CCN(c3cc(Br)cc(F)c3C(N)=O)CC2)c1C. The summed E-state index contributed by atoms with van der Waals surface area (Å²) in [5.74, 6) is -1.33. The molecule has 0 spiro atoms. The van der Waals surface area contributed by atoms with Crippen LogP contribution in [0.4, 0.5) is 15.8 Å². The van der Waals surface area contributed by atoms with Crippen molar-refractivity contribution in [1.29, 1.82) is 0 Å². The lowest BCUT2D eigenvalue weighted by Crippen LogP contribution is -2.47. The first-order valence-electron chi connectivity index (χ1n) is 8.23. The molecule has 0 atom stereocenters. The molecule has 0 unspecified atom stereocenters. The van der Waals surface area contributed by atoms with Gasteiger partial charge in [-0.3, -0.25) is 4.79 Å². The normalized spacial score (nSPS) is 14.7. The van der Waals surface area contributed by atoms with Crippen LogP contribution in [-0.2, 0) is 0 Å². The van der Waals surface area contributed by atoms with E-state index < -0.39 is 11.7 Å². The highest BCUT2D eigenvalue weighted by molar-refractivity contribution is 9.10. The molecule has 2 aromatic rings. The van der Waals surface area contributed by atoms with Crippen LogP contribution in [0.15, 0.2) is 34.8 Å².